The molecular weight excluding hydrogens is 344 g/mol. The van der Waals surface area contributed by atoms with E-state index in [9.17, 15) is 9.59 Å². The molecule has 0 amide bonds. The van der Waals surface area contributed by atoms with Crippen LogP contribution in [0.25, 0.3) is 10.8 Å². The van der Waals surface area contributed by atoms with Crippen molar-refractivity contribution in [2.45, 2.75) is 11.7 Å². The van der Waals surface area contributed by atoms with E-state index in [1.165, 1.54) is 18.9 Å². The van der Waals surface area contributed by atoms with Crippen LogP contribution in [0.4, 0.5) is 0 Å². The summed E-state index contributed by atoms with van der Waals surface area (Å²) in [6, 6.07) is 23.6. The van der Waals surface area contributed by atoms with Crippen molar-refractivity contribution in [2.24, 2.45) is 0 Å². The zero-order valence-electron chi connectivity index (χ0n) is 14.6. The Balaban J connectivity index is 1.80. The van der Waals surface area contributed by atoms with Crippen molar-refractivity contribution in [1.82, 2.24) is 0 Å². The standard InChI is InChI=1S/C22H20O3S/c1-25-22(24)15-26-21(17-8-3-2-4-9-17)14-20(23)19-12-11-16-7-5-6-10-18(16)13-19/h2-13,21H,14-15H2,1H3/t21-/m1/s1. The van der Waals surface area contributed by atoms with Gasteiger partial charge in [-0.15, -0.1) is 11.8 Å². The van der Waals surface area contributed by atoms with Gasteiger partial charge >= 0.3 is 5.97 Å². The Labute approximate surface area is 157 Å². The second-order valence-electron chi connectivity index (χ2n) is 5.98. The van der Waals surface area contributed by atoms with Gasteiger partial charge in [0.05, 0.1) is 12.9 Å². The Hall–Kier alpha value is -2.59. The molecule has 0 saturated carbocycles. The first-order chi connectivity index (χ1) is 12.7. The number of carbonyl (C=O) groups excluding carboxylic acids is 2. The quantitative estimate of drug-likeness (QED) is 0.434. The number of ketones is 1. The fourth-order valence-corrected chi connectivity index (χ4v) is 3.89. The summed E-state index contributed by atoms with van der Waals surface area (Å²) in [6.07, 6.45) is 0.337. The Morgan fingerprint density at radius 3 is 2.35 bits per heavy atom. The summed E-state index contributed by atoms with van der Waals surface area (Å²) in [5.74, 6) is 0.0113. The Morgan fingerprint density at radius 2 is 1.62 bits per heavy atom. The van der Waals surface area contributed by atoms with Gasteiger partial charge in [0.2, 0.25) is 0 Å². The highest BCUT2D eigenvalue weighted by Crippen LogP contribution is 2.33. The SMILES string of the molecule is COC(=O)CS[C@H](CC(=O)c1ccc2ccccc2c1)c1ccccc1. The van der Waals surface area contributed by atoms with Crippen LogP contribution in [-0.2, 0) is 9.53 Å². The lowest BCUT2D eigenvalue weighted by atomic mass is 10.00. The van der Waals surface area contributed by atoms with Gasteiger partial charge in [0.1, 0.15) is 0 Å². The van der Waals surface area contributed by atoms with E-state index >= 15 is 0 Å². The molecule has 0 aliphatic heterocycles. The maximum Gasteiger partial charge on any atom is 0.315 e. The van der Waals surface area contributed by atoms with Crippen molar-refractivity contribution in [2.75, 3.05) is 12.9 Å². The van der Waals surface area contributed by atoms with E-state index < -0.39 is 0 Å². The van der Waals surface area contributed by atoms with E-state index in [1.807, 2.05) is 72.8 Å². The van der Waals surface area contributed by atoms with Gasteiger partial charge in [0.15, 0.2) is 5.78 Å². The largest absolute Gasteiger partial charge is 0.468 e. The van der Waals surface area contributed by atoms with Crippen LogP contribution in [0.5, 0.6) is 0 Å². The fourth-order valence-electron chi connectivity index (χ4n) is 2.82. The van der Waals surface area contributed by atoms with Gasteiger partial charge in [0, 0.05) is 17.2 Å². The lowest BCUT2D eigenvalue weighted by Crippen LogP contribution is -2.10. The summed E-state index contributed by atoms with van der Waals surface area (Å²) in [6.45, 7) is 0. The number of hydrogen-bond donors (Lipinski definition) is 0. The van der Waals surface area contributed by atoms with Crippen LogP contribution >= 0.6 is 11.8 Å². The third kappa shape index (κ3) is 4.52. The lowest BCUT2D eigenvalue weighted by molar-refractivity contribution is -0.137. The molecule has 0 aliphatic carbocycles. The summed E-state index contributed by atoms with van der Waals surface area (Å²) >= 11 is 1.44. The molecule has 132 valence electrons. The molecule has 0 N–H and O–H groups in total. The van der Waals surface area contributed by atoms with Crippen LogP contribution in [0.1, 0.15) is 27.6 Å². The third-order valence-electron chi connectivity index (χ3n) is 4.24. The van der Waals surface area contributed by atoms with Crippen molar-refractivity contribution in [1.29, 1.82) is 0 Å². The van der Waals surface area contributed by atoms with Crippen molar-refractivity contribution in [3.8, 4) is 0 Å². The Morgan fingerprint density at radius 1 is 0.923 bits per heavy atom. The molecule has 0 bridgehead atoms. The maximum absolute atomic E-state index is 12.9. The van der Waals surface area contributed by atoms with E-state index in [-0.39, 0.29) is 22.8 Å². The number of ether oxygens (including phenoxy) is 1. The lowest BCUT2D eigenvalue weighted by Gasteiger charge is -2.16. The van der Waals surface area contributed by atoms with E-state index in [2.05, 4.69) is 0 Å². The molecule has 0 unspecified atom stereocenters. The molecule has 0 aromatic heterocycles. The first-order valence-corrected chi connectivity index (χ1v) is 9.47. The monoisotopic (exact) mass is 364 g/mol. The van der Waals surface area contributed by atoms with Crippen molar-refractivity contribution >= 4 is 34.3 Å². The fraction of sp³-hybridized carbons (Fsp3) is 0.182. The number of thioether (sulfide) groups is 1. The number of benzene rings is 3. The average molecular weight is 364 g/mol. The van der Waals surface area contributed by atoms with Gasteiger partial charge in [-0.2, -0.15) is 0 Å². The summed E-state index contributed by atoms with van der Waals surface area (Å²) in [5.41, 5.74) is 1.74. The Bertz CT molecular complexity index is 905. The smallest absolute Gasteiger partial charge is 0.315 e. The molecule has 0 radical (unpaired) electrons. The molecular formula is C22H20O3S. The zero-order chi connectivity index (χ0) is 18.4. The average Bonchev–Trinajstić information content (AvgIpc) is 2.70. The highest BCUT2D eigenvalue weighted by molar-refractivity contribution is 8.00. The summed E-state index contributed by atoms with van der Waals surface area (Å²) in [4.78, 5) is 24.4. The Kier molecular flexibility index (Phi) is 6.08. The molecule has 1 atom stereocenters. The molecule has 3 aromatic carbocycles. The molecule has 0 aliphatic rings. The predicted octanol–water partition coefficient (Wildman–Crippen LogP) is 5.06. The number of hydrogen-bond acceptors (Lipinski definition) is 4. The van der Waals surface area contributed by atoms with Gasteiger partial charge in [0.25, 0.3) is 0 Å². The minimum absolute atomic E-state index is 0.0713. The van der Waals surface area contributed by atoms with Crippen LogP contribution in [0.3, 0.4) is 0 Å². The number of esters is 1. The van der Waals surface area contributed by atoms with Crippen molar-refractivity contribution < 1.29 is 14.3 Å². The summed E-state index contributed by atoms with van der Waals surface area (Å²) < 4.78 is 4.73. The molecule has 26 heavy (non-hydrogen) atoms. The van der Waals surface area contributed by atoms with Crippen LogP contribution in [0, 0.1) is 0 Å². The number of Topliss-reactive ketones (excluding diaryl/α,β-unsaturated/α-hetero) is 1. The summed E-state index contributed by atoms with van der Waals surface area (Å²) in [5, 5.41) is 2.08. The van der Waals surface area contributed by atoms with Gasteiger partial charge in [-0.3, -0.25) is 9.59 Å². The molecule has 3 aromatic rings. The first kappa shape index (κ1) is 18.2. The van der Waals surface area contributed by atoms with E-state index in [4.69, 9.17) is 4.74 Å². The van der Waals surface area contributed by atoms with Crippen LogP contribution < -0.4 is 0 Å². The van der Waals surface area contributed by atoms with Crippen LogP contribution in [0.2, 0.25) is 0 Å². The van der Waals surface area contributed by atoms with E-state index in [0.717, 1.165) is 16.3 Å². The van der Waals surface area contributed by atoms with E-state index in [1.54, 1.807) is 0 Å². The topological polar surface area (TPSA) is 43.4 Å². The molecule has 4 heteroatoms. The number of rotatable bonds is 7. The normalized spacial score (nSPS) is 11.9. The highest BCUT2D eigenvalue weighted by Gasteiger charge is 2.19. The predicted molar refractivity (Wildman–Crippen MR) is 107 cm³/mol. The molecule has 0 heterocycles. The highest BCUT2D eigenvalue weighted by atomic mass is 32.2. The molecule has 0 saturated heterocycles. The minimum Gasteiger partial charge on any atom is -0.468 e. The maximum atomic E-state index is 12.9. The molecule has 0 fully saturated rings. The van der Waals surface area contributed by atoms with Crippen molar-refractivity contribution in [3.05, 3.63) is 83.9 Å². The van der Waals surface area contributed by atoms with Crippen LogP contribution in [-0.4, -0.2) is 24.6 Å². The molecule has 3 nitrogen and oxygen atoms in total. The van der Waals surface area contributed by atoms with Gasteiger partial charge < -0.3 is 4.74 Å². The second-order valence-corrected chi connectivity index (χ2v) is 7.17. The number of fused-ring (bicyclic) bond motifs is 1. The second kappa shape index (κ2) is 8.68. The number of carbonyl (C=O) groups is 2. The van der Waals surface area contributed by atoms with Crippen LogP contribution in [0.15, 0.2) is 72.8 Å². The zero-order valence-corrected chi connectivity index (χ0v) is 15.4. The van der Waals surface area contributed by atoms with Gasteiger partial charge in [-0.1, -0.05) is 66.7 Å². The first-order valence-electron chi connectivity index (χ1n) is 8.43. The van der Waals surface area contributed by atoms with Crippen molar-refractivity contribution in [3.63, 3.8) is 0 Å². The minimum atomic E-state index is -0.283. The van der Waals surface area contributed by atoms with E-state index in [0.29, 0.717) is 12.0 Å². The van der Waals surface area contributed by atoms with Gasteiger partial charge in [-0.25, -0.2) is 0 Å². The molecule has 0 spiro atoms. The molecule has 3 rings (SSSR count). The number of methoxy groups -OCH3 is 1. The third-order valence-corrected chi connectivity index (χ3v) is 5.49. The van der Waals surface area contributed by atoms with Gasteiger partial charge in [-0.05, 0) is 22.4 Å². The summed E-state index contributed by atoms with van der Waals surface area (Å²) in [7, 11) is 1.38.